The molecule has 0 N–H and O–H groups in total. The van der Waals surface area contributed by atoms with Crippen molar-refractivity contribution in [2.24, 2.45) is 5.92 Å². The van der Waals surface area contributed by atoms with Crippen molar-refractivity contribution in [1.29, 1.82) is 0 Å². The Hall–Kier alpha value is -2.88. The molecular weight excluding hydrogens is 468 g/mol. The van der Waals surface area contributed by atoms with Crippen molar-refractivity contribution in [3.05, 3.63) is 65.4 Å². The molecule has 2 heterocycles. The summed E-state index contributed by atoms with van der Waals surface area (Å²) < 4.78 is 43.1. The highest BCUT2D eigenvalue weighted by molar-refractivity contribution is 7.89. The van der Waals surface area contributed by atoms with Crippen molar-refractivity contribution >= 4 is 27.6 Å². The standard InChI is InChI=1S/C23H23ClN2O6S/c1-30-19-8-10-21(11-9-19)33(28,29)26-12-2-3-17(14-26)23(27)31-15-20-13-22(25-32-20)16-4-6-18(24)7-5-16/h4-11,13,17H,2-3,12,14-15H2,1H3. The molecule has 0 amide bonds. The van der Waals surface area contributed by atoms with Crippen LogP contribution in [0.5, 0.6) is 5.75 Å². The lowest BCUT2D eigenvalue weighted by molar-refractivity contribution is -0.151. The lowest BCUT2D eigenvalue weighted by atomic mass is 10.00. The van der Waals surface area contributed by atoms with Crippen LogP contribution in [-0.4, -0.2) is 44.0 Å². The number of halogens is 1. The minimum atomic E-state index is -3.72. The second-order valence-corrected chi connectivity index (χ2v) is 10.0. The molecule has 0 aliphatic carbocycles. The summed E-state index contributed by atoms with van der Waals surface area (Å²) in [5.41, 5.74) is 1.43. The van der Waals surface area contributed by atoms with Gasteiger partial charge in [-0.1, -0.05) is 28.9 Å². The van der Waals surface area contributed by atoms with E-state index < -0.39 is 21.9 Å². The van der Waals surface area contributed by atoms with Gasteiger partial charge in [-0.3, -0.25) is 4.79 Å². The Bertz CT molecular complexity index is 1210. The zero-order chi connectivity index (χ0) is 23.4. The van der Waals surface area contributed by atoms with Crippen molar-refractivity contribution in [2.75, 3.05) is 20.2 Å². The van der Waals surface area contributed by atoms with Crippen molar-refractivity contribution in [3.8, 4) is 17.0 Å². The van der Waals surface area contributed by atoms with Crippen molar-refractivity contribution in [1.82, 2.24) is 9.46 Å². The van der Waals surface area contributed by atoms with Gasteiger partial charge >= 0.3 is 5.97 Å². The topological polar surface area (TPSA) is 98.9 Å². The van der Waals surface area contributed by atoms with Crippen LogP contribution in [0.2, 0.25) is 5.02 Å². The number of nitrogens with zero attached hydrogens (tertiary/aromatic N) is 2. The van der Waals surface area contributed by atoms with Gasteiger partial charge in [-0.05, 0) is 49.2 Å². The van der Waals surface area contributed by atoms with E-state index in [4.69, 9.17) is 25.6 Å². The van der Waals surface area contributed by atoms with Crippen LogP contribution in [0.25, 0.3) is 11.3 Å². The van der Waals surface area contributed by atoms with E-state index in [1.54, 1.807) is 30.3 Å². The normalized spacial score (nSPS) is 17.0. The number of benzene rings is 2. The van der Waals surface area contributed by atoms with E-state index in [1.807, 2.05) is 12.1 Å². The van der Waals surface area contributed by atoms with E-state index in [0.717, 1.165) is 5.56 Å². The number of rotatable bonds is 7. The number of carbonyl (C=O) groups excluding carboxylic acids is 1. The third kappa shape index (κ3) is 5.38. The molecule has 1 aliphatic rings. The molecule has 1 atom stereocenters. The molecule has 1 aliphatic heterocycles. The minimum Gasteiger partial charge on any atom is -0.497 e. The maximum atomic E-state index is 13.0. The van der Waals surface area contributed by atoms with E-state index in [9.17, 15) is 13.2 Å². The monoisotopic (exact) mass is 490 g/mol. The number of esters is 1. The molecule has 8 nitrogen and oxygen atoms in total. The first-order valence-electron chi connectivity index (χ1n) is 10.4. The van der Waals surface area contributed by atoms with Crippen molar-refractivity contribution in [2.45, 2.75) is 24.3 Å². The number of aromatic nitrogens is 1. The van der Waals surface area contributed by atoms with Crippen LogP contribution in [0.1, 0.15) is 18.6 Å². The van der Waals surface area contributed by atoms with Crippen molar-refractivity contribution in [3.63, 3.8) is 0 Å². The Morgan fingerprint density at radius 1 is 1.18 bits per heavy atom. The quantitative estimate of drug-likeness (QED) is 0.459. The summed E-state index contributed by atoms with van der Waals surface area (Å²) in [7, 11) is -2.20. The third-order valence-electron chi connectivity index (χ3n) is 5.47. The average Bonchev–Trinajstić information content (AvgIpc) is 3.32. The first-order valence-corrected chi connectivity index (χ1v) is 12.2. The summed E-state index contributed by atoms with van der Waals surface area (Å²) in [6.45, 7) is 0.339. The van der Waals surface area contributed by atoms with E-state index in [1.165, 1.54) is 23.5 Å². The summed E-state index contributed by atoms with van der Waals surface area (Å²) in [6, 6.07) is 15.0. The number of methoxy groups -OCH3 is 1. The Labute approximate surface area is 197 Å². The molecule has 0 spiro atoms. The van der Waals surface area contributed by atoms with Gasteiger partial charge in [-0.2, -0.15) is 4.31 Å². The summed E-state index contributed by atoms with van der Waals surface area (Å²) in [4.78, 5) is 12.8. The number of sulfonamides is 1. The SMILES string of the molecule is COc1ccc(S(=O)(=O)N2CCCC(C(=O)OCc3cc(-c4ccc(Cl)cc4)no3)C2)cc1. The summed E-state index contributed by atoms with van der Waals surface area (Å²) in [5, 5.41) is 4.61. The number of piperidine rings is 1. The van der Waals surface area contributed by atoms with E-state index >= 15 is 0 Å². The second kappa shape index (κ2) is 9.94. The lowest BCUT2D eigenvalue weighted by Gasteiger charge is -2.30. The first kappa shape index (κ1) is 23.3. The Balaban J connectivity index is 1.36. The highest BCUT2D eigenvalue weighted by Gasteiger charge is 2.34. The van der Waals surface area contributed by atoms with Crippen LogP contribution in [0.3, 0.4) is 0 Å². The Kier molecular flexibility index (Phi) is 7.02. The minimum absolute atomic E-state index is 0.0691. The molecule has 10 heteroatoms. The fraction of sp³-hybridized carbons (Fsp3) is 0.304. The summed E-state index contributed by atoms with van der Waals surface area (Å²) in [6.07, 6.45) is 1.12. The fourth-order valence-electron chi connectivity index (χ4n) is 3.65. The van der Waals surface area contributed by atoms with Crippen LogP contribution >= 0.6 is 11.6 Å². The van der Waals surface area contributed by atoms with Gasteiger partial charge in [0.15, 0.2) is 12.4 Å². The average molecular weight is 491 g/mol. The zero-order valence-electron chi connectivity index (χ0n) is 17.9. The third-order valence-corrected chi connectivity index (χ3v) is 7.60. The predicted molar refractivity (Wildman–Crippen MR) is 121 cm³/mol. The Morgan fingerprint density at radius 3 is 2.61 bits per heavy atom. The number of hydrogen-bond donors (Lipinski definition) is 0. The lowest BCUT2D eigenvalue weighted by Crippen LogP contribution is -2.42. The maximum absolute atomic E-state index is 13.0. The summed E-state index contributed by atoms with van der Waals surface area (Å²) >= 11 is 5.90. The fourth-order valence-corrected chi connectivity index (χ4v) is 5.30. The van der Waals surface area contributed by atoms with Gasteiger partial charge in [0.05, 0.1) is 17.9 Å². The molecule has 4 rings (SSSR count). The predicted octanol–water partition coefficient (Wildman–Crippen LogP) is 4.15. The molecule has 0 radical (unpaired) electrons. The molecule has 3 aromatic rings. The van der Waals surface area contributed by atoms with E-state index in [-0.39, 0.29) is 18.0 Å². The van der Waals surface area contributed by atoms with E-state index in [2.05, 4.69) is 5.16 Å². The first-order chi connectivity index (χ1) is 15.9. The van der Waals surface area contributed by atoms with Crippen molar-refractivity contribution < 1.29 is 27.2 Å². The van der Waals surface area contributed by atoms with Gasteiger partial charge in [0.25, 0.3) is 0 Å². The van der Waals surface area contributed by atoms with Crippen LogP contribution in [-0.2, 0) is 26.2 Å². The summed E-state index contributed by atoms with van der Waals surface area (Å²) in [5.74, 6) is -0.0491. The van der Waals surface area contributed by atoms with Gasteiger partial charge in [0, 0.05) is 29.7 Å². The molecule has 2 aromatic carbocycles. The van der Waals surface area contributed by atoms with Gasteiger partial charge in [-0.15, -0.1) is 0 Å². The van der Waals surface area contributed by atoms with Crippen LogP contribution in [0.15, 0.2) is 64.0 Å². The zero-order valence-corrected chi connectivity index (χ0v) is 19.5. The van der Waals surface area contributed by atoms with Gasteiger partial charge in [0.1, 0.15) is 11.4 Å². The molecule has 1 saturated heterocycles. The molecule has 0 bridgehead atoms. The highest BCUT2D eigenvalue weighted by Crippen LogP contribution is 2.26. The highest BCUT2D eigenvalue weighted by atomic mass is 35.5. The van der Waals surface area contributed by atoms with Gasteiger partial charge in [-0.25, -0.2) is 8.42 Å². The molecule has 1 fully saturated rings. The van der Waals surface area contributed by atoms with Crippen LogP contribution in [0, 0.1) is 5.92 Å². The maximum Gasteiger partial charge on any atom is 0.310 e. The second-order valence-electron chi connectivity index (χ2n) is 7.67. The molecule has 1 aromatic heterocycles. The molecule has 174 valence electrons. The molecule has 1 unspecified atom stereocenters. The van der Waals surface area contributed by atoms with Crippen LogP contribution < -0.4 is 4.74 Å². The molecule has 0 saturated carbocycles. The number of ether oxygens (including phenoxy) is 2. The number of carbonyl (C=O) groups is 1. The van der Waals surface area contributed by atoms with Crippen LogP contribution in [0.4, 0.5) is 0 Å². The van der Waals surface area contributed by atoms with Gasteiger partial charge < -0.3 is 14.0 Å². The largest absolute Gasteiger partial charge is 0.497 e. The molecule has 33 heavy (non-hydrogen) atoms. The van der Waals surface area contributed by atoms with Gasteiger partial charge in [0.2, 0.25) is 10.0 Å². The smallest absolute Gasteiger partial charge is 0.310 e. The Morgan fingerprint density at radius 2 is 1.91 bits per heavy atom. The molecular formula is C23H23ClN2O6S. The number of hydrogen-bond acceptors (Lipinski definition) is 7. The van der Waals surface area contributed by atoms with E-state index in [0.29, 0.717) is 41.6 Å².